The Kier molecular flexibility index (Phi) is 5.90. The van der Waals surface area contributed by atoms with Crippen molar-refractivity contribution < 1.29 is 4.79 Å². The second-order valence-corrected chi connectivity index (χ2v) is 7.46. The minimum absolute atomic E-state index is 0.130. The third kappa shape index (κ3) is 5.16. The van der Waals surface area contributed by atoms with E-state index in [1.165, 1.54) is 0 Å². The van der Waals surface area contributed by atoms with Gasteiger partial charge in [0.1, 0.15) is 17.5 Å². The maximum absolute atomic E-state index is 12.3. The van der Waals surface area contributed by atoms with Crippen LogP contribution in [-0.4, -0.2) is 30.0 Å². The lowest BCUT2D eigenvalue weighted by molar-refractivity contribution is 0.102. The lowest BCUT2D eigenvalue weighted by Gasteiger charge is -2.14. The molecule has 0 bridgehead atoms. The second kappa shape index (κ2) is 8.34. The number of nitrogens with one attached hydrogen (secondary N) is 2. The Morgan fingerprint density at radius 2 is 1.59 bits per heavy atom. The van der Waals surface area contributed by atoms with E-state index < -0.39 is 0 Å². The fourth-order valence-electron chi connectivity index (χ4n) is 2.43. The van der Waals surface area contributed by atoms with Crippen molar-refractivity contribution in [1.29, 1.82) is 0 Å². The number of carbonyl (C=O) groups excluding carboxylic acids is 1. The van der Waals surface area contributed by atoms with E-state index in [4.69, 9.17) is 0 Å². The van der Waals surface area contributed by atoms with Gasteiger partial charge in [0, 0.05) is 40.7 Å². The van der Waals surface area contributed by atoms with Crippen molar-refractivity contribution in [3.8, 4) is 0 Å². The van der Waals surface area contributed by atoms with Crippen LogP contribution in [0.2, 0.25) is 0 Å². The van der Waals surface area contributed by atoms with E-state index >= 15 is 0 Å². The van der Waals surface area contributed by atoms with Gasteiger partial charge in [-0.25, -0.2) is 9.97 Å². The second-order valence-electron chi connectivity index (χ2n) is 6.22. The molecule has 0 aliphatic carbocycles. The van der Waals surface area contributed by atoms with Gasteiger partial charge >= 0.3 is 0 Å². The molecule has 3 aromatic rings. The average molecular weight is 473 g/mol. The van der Waals surface area contributed by atoms with Crippen LogP contribution in [0.3, 0.4) is 0 Å². The Morgan fingerprint density at radius 3 is 2.22 bits per heavy atom. The monoisotopic (exact) mass is 473 g/mol. The number of rotatable bonds is 5. The topological polar surface area (TPSA) is 70.2 Å². The lowest BCUT2D eigenvalue weighted by Crippen LogP contribution is -2.12. The molecule has 0 atom stereocenters. The predicted octanol–water partition coefficient (Wildman–Crippen LogP) is 4.45. The summed E-state index contributed by atoms with van der Waals surface area (Å²) in [7, 11) is 3.88. The van der Waals surface area contributed by atoms with Crippen LogP contribution in [0.25, 0.3) is 0 Å². The Morgan fingerprint density at radius 1 is 0.963 bits per heavy atom. The number of amides is 1. The summed E-state index contributed by atoms with van der Waals surface area (Å²) in [4.78, 5) is 23.0. The van der Waals surface area contributed by atoms with E-state index in [1.807, 2.05) is 80.5 Å². The normalized spacial score (nSPS) is 10.4. The van der Waals surface area contributed by atoms with Crippen LogP contribution in [0, 0.1) is 10.5 Å². The first-order valence-corrected chi connectivity index (χ1v) is 9.45. The van der Waals surface area contributed by atoms with Crippen LogP contribution < -0.4 is 15.5 Å². The molecule has 2 N–H and O–H groups in total. The van der Waals surface area contributed by atoms with E-state index in [-0.39, 0.29) is 5.91 Å². The molecule has 0 aliphatic rings. The van der Waals surface area contributed by atoms with Crippen molar-refractivity contribution in [3.63, 3.8) is 0 Å². The number of carbonyl (C=O) groups is 1. The first kappa shape index (κ1) is 19.1. The molecular weight excluding hydrogens is 453 g/mol. The van der Waals surface area contributed by atoms with Gasteiger partial charge in [0.15, 0.2) is 0 Å². The number of halogens is 1. The van der Waals surface area contributed by atoms with Crippen LogP contribution in [-0.2, 0) is 0 Å². The third-order valence-corrected chi connectivity index (χ3v) is 4.52. The van der Waals surface area contributed by atoms with Gasteiger partial charge in [-0.05, 0) is 78.0 Å². The van der Waals surface area contributed by atoms with Gasteiger partial charge in [-0.15, -0.1) is 0 Å². The number of anilines is 4. The molecule has 1 heterocycles. The Labute approximate surface area is 172 Å². The summed E-state index contributed by atoms with van der Waals surface area (Å²) in [5, 5.41) is 6.17. The molecule has 0 fully saturated rings. The van der Waals surface area contributed by atoms with Crippen molar-refractivity contribution in [3.05, 3.63) is 69.6 Å². The number of benzene rings is 2. The molecular formula is C20H20IN5O. The van der Waals surface area contributed by atoms with Crippen molar-refractivity contribution in [2.45, 2.75) is 6.92 Å². The zero-order valence-electron chi connectivity index (χ0n) is 15.3. The molecule has 1 aromatic heterocycles. The highest BCUT2D eigenvalue weighted by atomic mass is 127. The molecule has 0 saturated carbocycles. The lowest BCUT2D eigenvalue weighted by atomic mass is 10.2. The first-order chi connectivity index (χ1) is 12.9. The number of aryl methyl sites for hydroxylation is 1. The van der Waals surface area contributed by atoms with Crippen molar-refractivity contribution in [1.82, 2.24) is 9.97 Å². The summed E-state index contributed by atoms with van der Waals surface area (Å²) in [6, 6.07) is 16.8. The highest BCUT2D eigenvalue weighted by Crippen LogP contribution is 2.21. The van der Waals surface area contributed by atoms with Crippen molar-refractivity contribution >= 4 is 51.5 Å². The smallest absolute Gasteiger partial charge is 0.255 e. The largest absolute Gasteiger partial charge is 0.363 e. The van der Waals surface area contributed by atoms with Gasteiger partial charge < -0.3 is 15.5 Å². The van der Waals surface area contributed by atoms with Crippen LogP contribution in [0.15, 0.2) is 54.6 Å². The SMILES string of the molecule is Cc1nc(Nc2ccc(NC(=O)c3ccc(I)cc3)cc2)cc(N(C)C)n1. The Hall–Kier alpha value is -2.68. The quantitative estimate of drug-likeness (QED) is 0.536. The predicted molar refractivity (Wildman–Crippen MR) is 118 cm³/mol. The van der Waals surface area contributed by atoms with Gasteiger partial charge in [-0.2, -0.15) is 0 Å². The molecule has 0 aliphatic heterocycles. The molecule has 1 amide bonds. The van der Waals surface area contributed by atoms with Gasteiger partial charge in [0.05, 0.1) is 0 Å². The highest BCUT2D eigenvalue weighted by Gasteiger charge is 2.07. The third-order valence-electron chi connectivity index (χ3n) is 3.80. The van der Waals surface area contributed by atoms with E-state index in [1.54, 1.807) is 0 Å². The number of hydrogen-bond donors (Lipinski definition) is 2. The minimum Gasteiger partial charge on any atom is -0.363 e. The van der Waals surface area contributed by atoms with Crippen molar-refractivity contribution in [2.24, 2.45) is 0 Å². The van der Waals surface area contributed by atoms with E-state index in [9.17, 15) is 4.79 Å². The fraction of sp³-hybridized carbons (Fsp3) is 0.150. The van der Waals surface area contributed by atoms with Gasteiger partial charge in [0.25, 0.3) is 5.91 Å². The van der Waals surface area contributed by atoms with Crippen LogP contribution in [0.1, 0.15) is 16.2 Å². The summed E-state index contributed by atoms with van der Waals surface area (Å²) in [6.07, 6.45) is 0. The van der Waals surface area contributed by atoms with Crippen LogP contribution in [0.5, 0.6) is 0 Å². The molecule has 138 valence electrons. The molecule has 3 rings (SSSR count). The van der Waals surface area contributed by atoms with Gasteiger partial charge in [-0.3, -0.25) is 4.79 Å². The van der Waals surface area contributed by atoms with E-state index in [2.05, 4.69) is 43.2 Å². The highest BCUT2D eigenvalue weighted by molar-refractivity contribution is 14.1. The molecule has 0 unspecified atom stereocenters. The summed E-state index contributed by atoms with van der Waals surface area (Å²) in [6.45, 7) is 1.86. The van der Waals surface area contributed by atoms with Crippen LogP contribution >= 0.6 is 22.6 Å². The standard InChI is InChI=1S/C20H20IN5O/c1-13-22-18(12-19(23-13)26(2)3)24-16-8-10-17(11-9-16)25-20(27)14-4-6-15(21)7-5-14/h4-12H,1-3H3,(H,25,27)(H,22,23,24). The average Bonchev–Trinajstić information content (AvgIpc) is 2.63. The van der Waals surface area contributed by atoms with Crippen LogP contribution in [0.4, 0.5) is 23.0 Å². The summed E-state index contributed by atoms with van der Waals surface area (Å²) in [5.41, 5.74) is 2.24. The first-order valence-electron chi connectivity index (χ1n) is 8.38. The number of hydrogen-bond acceptors (Lipinski definition) is 5. The number of nitrogens with zero attached hydrogens (tertiary/aromatic N) is 3. The maximum atomic E-state index is 12.3. The number of aromatic nitrogens is 2. The molecule has 2 aromatic carbocycles. The molecule has 0 saturated heterocycles. The van der Waals surface area contributed by atoms with E-state index in [0.717, 1.165) is 26.6 Å². The molecule has 27 heavy (non-hydrogen) atoms. The fourth-order valence-corrected chi connectivity index (χ4v) is 2.79. The Bertz CT molecular complexity index is 940. The summed E-state index contributed by atoms with van der Waals surface area (Å²) >= 11 is 2.21. The summed E-state index contributed by atoms with van der Waals surface area (Å²) < 4.78 is 1.09. The molecule has 7 heteroatoms. The molecule has 6 nitrogen and oxygen atoms in total. The van der Waals surface area contributed by atoms with Crippen molar-refractivity contribution in [2.75, 3.05) is 29.6 Å². The van der Waals surface area contributed by atoms with Gasteiger partial charge in [0.2, 0.25) is 0 Å². The molecule has 0 spiro atoms. The summed E-state index contributed by atoms with van der Waals surface area (Å²) in [5.74, 6) is 2.13. The maximum Gasteiger partial charge on any atom is 0.255 e. The molecule has 0 radical (unpaired) electrons. The Balaban J connectivity index is 1.68. The zero-order valence-corrected chi connectivity index (χ0v) is 17.5. The zero-order chi connectivity index (χ0) is 19.4. The minimum atomic E-state index is -0.130. The van der Waals surface area contributed by atoms with Gasteiger partial charge in [-0.1, -0.05) is 0 Å². The van der Waals surface area contributed by atoms with E-state index in [0.29, 0.717) is 11.4 Å².